The maximum atomic E-state index is 13.8. The fourth-order valence-corrected chi connectivity index (χ4v) is 5.43. The van der Waals surface area contributed by atoms with Crippen molar-refractivity contribution in [2.45, 2.75) is 25.8 Å². The predicted octanol–water partition coefficient (Wildman–Crippen LogP) is 5.71. The zero-order chi connectivity index (χ0) is 28.1. The maximum Gasteiger partial charge on any atom is 0.323 e. The Balaban J connectivity index is 1.49. The van der Waals surface area contributed by atoms with Crippen LogP contribution in [0.2, 0.25) is 10.0 Å². The van der Waals surface area contributed by atoms with Gasteiger partial charge in [0.15, 0.2) is 0 Å². The van der Waals surface area contributed by atoms with Gasteiger partial charge in [0, 0.05) is 42.3 Å². The Bertz CT molecular complexity index is 1510. The van der Waals surface area contributed by atoms with Gasteiger partial charge in [-0.15, -0.1) is 0 Å². The number of benzene rings is 3. The number of carbonyl (C=O) groups is 2. The number of carbonyl (C=O) groups excluding carboxylic acids is 1. The molecule has 0 saturated heterocycles. The first kappa shape index (κ1) is 27.6. The van der Waals surface area contributed by atoms with Crippen molar-refractivity contribution in [2.75, 3.05) is 24.5 Å². The van der Waals surface area contributed by atoms with Crippen molar-refractivity contribution in [3.05, 3.63) is 123 Å². The SMILES string of the molecule is O=C(O)CN(CCc1ccccc1)C(=O)c1cnc(N2CCc3ccccc3C2)nc1Cc1c(Cl)cccc1Cl. The Morgan fingerprint density at radius 3 is 2.35 bits per heavy atom. The van der Waals surface area contributed by atoms with E-state index in [0.29, 0.717) is 40.2 Å². The van der Waals surface area contributed by atoms with Gasteiger partial charge in [-0.1, -0.05) is 83.9 Å². The third-order valence-electron chi connectivity index (χ3n) is 7.03. The number of nitrogens with zero attached hydrogens (tertiary/aromatic N) is 4. The normalized spacial score (nSPS) is 12.6. The number of rotatable bonds is 9. The molecule has 0 bridgehead atoms. The van der Waals surface area contributed by atoms with Crippen LogP contribution in [0.25, 0.3) is 0 Å². The second-order valence-electron chi connectivity index (χ2n) is 9.70. The Labute approximate surface area is 243 Å². The highest BCUT2D eigenvalue weighted by molar-refractivity contribution is 6.36. The van der Waals surface area contributed by atoms with E-state index in [2.05, 4.69) is 22.0 Å². The van der Waals surface area contributed by atoms with Crippen molar-refractivity contribution in [1.29, 1.82) is 0 Å². The Hall–Kier alpha value is -3.94. The summed E-state index contributed by atoms with van der Waals surface area (Å²) in [5.74, 6) is -1.05. The molecule has 4 aromatic rings. The second kappa shape index (κ2) is 12.5. The quantitative estimate of drug-likeness (QED) is 0.275. The molecule has 9 heteroatoms. The Morgan fingerprint density at radius 1 is 0.925 bits per heavy atom. The molecule has 0 spiro atoms. The molecule has 1 aromatic heterocycles. The van der Waals surface area contributed by atoms with Crippen LogP contribution in [0.5, 0.6) is 0 Å². The third kappa shape index (κ3) is 6.43. The Kier molecular flexibility index (Phi) is 8.63. The summed E-state index contributed by atoms with van der Waals surface area (Å²) in [4.78, 5) is 38.4. The number of aliphatic carboxylic acids is 1. The smallest absolute Gasteiger partial charge is 0.323 e. The summed E-state index contributed by atoms with van der Waals surface area (Å²) < 4.78 is 0. The second-order valence-corrected chi connectivity index (χ2v) is 10.5. The molecule has 1 amide bonds. The lowest BCUT2D eigenvalue weighted by Gasteiger charge is -2.29. The van der Waals surface area contributed by atoms with Crippen LogP contribution in [0, 0.1) is 0 Å². The van der Waals surface area contributed by atoms with Crippen LogP contribution in [-0.4, -0.2) is 51.5 Å². The van der Waals surface area contributed by atoms with Crippen LogP contribution in [0.4, 0.5) is 5.95 Å². The van der Waals surface area contributed by atoms with Gasteiger partial charge in [-0.05, 0) is 47.2 Å². The summed E-state index contributed by atoms with van der Waals surface area (Å²) in [5, 5.41) is 10.5. The van der Waals surface area contributed by atoms with E-state index >= 15 is 0 Å². The highest BCUT2D eigenvalue weighted by Gasteiger charge is 2.26. The first-order valence-corrected chi connectivity index (χ1v) is 13.8. The van der Waals surface area contributed by atoms with Crippen LogP contribution in [0.3, 0.4) is 0 Å². The minimum Gasteiger partial charge on any atom is -0.480 e. The number of fused-ring (bicyclic) bond motifs is 1. The lowest BCUT2D eigenvalue weighted by molar-refractivity contribution is -0.137. The van der Waals surface area contributed by atoms with Crippen molar-refractivity contribution >= 4 is 41.0 Å². The molecule has 0 saturated carbocycles. The van der Waals surface area contributed by atoms with Gasteiger partial charge < -0.3 is 14.9 Å². The van der Waals surface area contributed by atoms with E-state index in [-0.39, 0.29) is 18.5 Å². The highest BCUT2D eigenvalue weighted by atomic mass is 35.5. The first-order valence-electron chi connectivity index (χ1n) is 13.0. The van der Waals surface area contributed by atoms with Gasteiger partial charge in [-0.3, -0.25) is 9.59 Å². The molecule has 0 radical (unpaired) electrons. The van der Waals surface area contributed by atoms with E-state index in [9.17, 15) is 14.7 Å². The lowest BCUT2D eigenvalue weighted by Crippen LogP contribution is -2.38. The number of halogens is 2. The van der Waals surface area contributed by atoms with E-state index in [4.69, 9.17) is 28.2 Å². The average molecular weight is 575 g/mol. The summed E-state index contributed by atoms with van der Waals surface area (Å²) in [5.41, 5.74) is 4.83. The Morgan fingerprint density at radius 2 is 1.62 bits per heavy atom. The summed E-state index contributed by atoms with van der Waals surface area (Å²) in [6.45, 7) is 1.17. The van der Waals surface area contributed by atoms with Crippen molar-refractivity contribution in [3.8, 4) is 0 Å². The van der Waals surface area contributed by atoms with E-state index in [1.54, 1.807) is 18.2 Å². The molecular weight excluding hydrogens is 547 g/mol. The number of hydrogen-bond acceptors (Lipinski definition) is 5. The number of anilines is 1. The molecule has 0 unspecified atom stereocenters. The largest absolute Gasteiger partial charge is 0.480 e. The number of aromatic nitrogens is 2. The number of carboxylic acid groups (broad SMARTS) is 1. The maximum absolute atomic E-state index is 13.8. The molecular formula is C31H28Cl2N4O3. The van der Waals surface area contributed by atoms with Gasteiger partial charge in [0.1, 0.15) is 6.54 Å². The standard InChI is InChI=1S/C31H28Cl2N4O3/c32-26-11-6-12-27(33)24(26)17-28-25(30(40)36(20-29(38)39)15-13-21-7-2-1-3-8-21)18-34-31(35-28)37-16-14-22-9-4-5-10-23(22)19-37/h1-12,18H,13-17,19-20H2,(H,38,39). The monoisotopic (exact) mass is 574 g/mol. The molecule has 0 atom stereocenters. The molecule has 3 aromatic carbocycles. The van der Waals surface area contributed by atoms with Crippen molar-refractivity contribution in [2.24, 2.45) is 0 Å². The molecule has 0 fully saturated rings. The first-order chi connectivity index (χ1) is 19.4. The van der Waals surface area contributed by atoms with E-state index in [1.807, 2.05) is 42.5 Å². The molecule has 0 aliphatic carbocycles. The van der Waals surface area contributed by atoms with E-state index in [0.717, 1.165) is 18.5 Å². The van der Waals surface area contributed by atoms with Crippen molar-refractivity contribution < 1.29 is 14.7 Å². The fraction of sp³-hybridized carbons (Fsp3) is 0.226. The zero-order valence-corrected chi connectivity index (χ0v) is 23.3. The predicted molar refractivity (Wildman–Crippen MR) is 156 cm³/mol. The molecule has 1 aliphatic heterocycles. The average Bonchev–Trinajstić information content (AvgIpc) is 2.97. The summed E-state index contributed by atoms with van der Waals surface area (Å²) >= 11 is 13.0. The number of amides is 1. The lowest BCUT2D eigenvalue weighted by atomic mass is 10.0. The zero-order valence-electron chi connectivity index (χ0n) is 21.8. The topological polar surface area (TPSA) is 86.6 Å². The fourth-order valence-electron chi connectivity index (χ4n) is 4.90. The van der Waals surface area contributed by atoms with Crippen molar-refractivity contribution in [3.63, 3.8) is 0 Å². The van der Waals surface area contributed by atoms with Crippen LogP contribution >= 0.6 is 23.2 Å². The van der Waals surface area contributed by atoms with Gasteiger partial charge in [-0.25, -0.2) is 9.97 Å². The highest BCUT2D eigenvalue weighted by Crippen LogP contribution is 2.29. The minimum absolute atomic E-state index is 0.194. The van der Waals surface area contributed by atoms with E-state index < -0.39 is 18.4 Å². The third-order valence-corrected chi connectivity index (χ3v) is 7.74. The van der Waals surface area contributed by atoms with Crippen LogP contribution in [0.15, 0.2) is 79.0 Å². The van der Waals surface area contributed by atoms with Gasteiger partial charge in [0.25, 0.3) is 5.91 Å². The van der Waals surface area contributed by atoms with Crippen LogP contribution < -0.4 is 4.90 Å². The molecule has 5 rings (SSSR count). The summed E-state index contributed by atoms with van der Waals surface area (Å²) in [6.07, 6.45) is 3.07. The van der Waals surface area contributed by atoms with E-state index in [1.165, 1.54) is 22.2 Å². The van der Waals surface area contributed by atoms with Gasteiger partial charge >= 0.3 is 5.97 Å². The number of carboxylic acids is 1. The molecule has 204 valence electrons. The number of hydrogen-bond donors (Lipinski definition) is 1. The van der Waals surface area contributed by atoms with Crippen LogP contribution in [-0.2, 0) is 30.6 Å². The van der Waals surface area contributed by atoms with Crippen LogP contribution in [0.1, 0.15) is 38.3 Å². The van der Waals surface area contributed by atoms with Gasteiger partial charge in [0.2, 0.25) is 5.95 Å². The minimum atomic E-state index is -1.10. The van der Waals surface area contributed by atoms with Crippen molar-refractivity contribution in [1.82, 2.24) is 14.9 Å². The molecule has 1 N–H and O–H groups in total. The molecule has 1 aliphatic rings. The molecule has 7 nitrogen and oxygen atoms in total. The molecule has 40 heavy (non-hydrogen) atoms. The molecule has 2 heterocycles. The summed E-state index contributed by atoms with van der Waals surface area (Å²) in [7, 11) is 0. The van der Waals surface area contributed by atoms with Gasteiger partial charge in [0.05, 0.1) is 11.3 Å². The summed E-state index contributed by atoms with van der Waals surface area (Å²) in [6, 6.07) is 23.2. The van der Waals surface area contributed by atoms with Gasteiger partial charge in [-0.2, -0.15) is 0 Å².